The van der Waals surface area contributed by atoms with Crippen LogP contribution in [0.15, 0.2) is 12.1 Å². The molecular formula is C16H27NO2. The van der Waals surface area contributed by atoms with Crippen LogP contribution in [-0.2, 0) is 0 Å². The maximum atomic E-state index is 8.85. The number of anilines is 1. The average molecular weight is 265 g/mol. The molecule has 1 aromatic carbocycles. The highest BCUT2D eigenvalue weighted by Gasteiger charge is 2.13. The molecule has 0 heterocycles. The van der Waals surface area contributed by atoms with Crippen molar-refractivity contribution in [1.82, 2.24) is 0 Å². The van der Waals surface area contributed by atoms with Crippen LogP contribution in [-0.4, -0.2) is 32.4 Å². The summed E-state index contributed by atoms with van der Waals surface area (Å²) in [5.41, 5.74) is 3.73. The number of hydrogen-bond acceptors (Lipinski definition) is 3. The SMILES string of the molecule is COc1cc(C)c(N(C)CCCCO)cc1C(C)C. The number of ether oxygens (including phenoxy) is 1. The van der Waals surface area contributed by atoms with E-state index in [0.29, 0.717) is 5.92 Å². The van der Waals surface area contributed by atoms with E-state index in [0.717, 1.165) is 25.1 Å². The van der Waals surface area contributed by atoms with Crippen molar-refractivity contribution in [2.45, 2.75) is 39.5 Å². The minimum absolute atomic E-state index is 0.271. The molecule has 0 aliphatic rings. The molecule has 1 N–H and O–H groups in total. The highest BCUT2D eigenvalue weighted by Crippen LogP contribution is 2.33. The number of hydrogen-bond donors (Lipinski definition) is 1. The smallest absolute Gasteiger partial charge is 0.122 e. The van der Waals surface area contributed by atoms with Gasteiger partial charge in [0, 0.05) is 25.9 Å². The van der Waals surface area contributed by atoms with Gasteiger partial charge in [0.25, 0.3) is 0 Å². The standard InChI is InChI=1S/C16H27NO2/c1-12(2)14-11-15(13(3)10-16(14)19-5)17(4)8-6-7-9-18/h10-12,18H,6-9H2,1-5H3. The van der Waals surface area contributed by atoms with E-state index in [-0.39, 0.29) is 6.61 Å². The van der Waals surface area contributed by atoms with Crippen LogP contribution in [0, 0.1) is 6.92 Å². The normalized spacial score (nSPS) is 10.9. The summed E-state index contributed by atoms with van der Waals surface area (Å²) in [6.45, 7) is 7.72. The van der Waals surface area contributed by atoms with Crippen molar-refractivity contribution in [3.05, 3.63) is 23.3 Å². The molecule has 0 fully saturated rings. The minimum Gasteiger partial charge on any atom is -0.496 e. The number of aliphatic hydroxyl groups is 1. The van der Waals surface area contributed by atoms with Gasteiger partial charge in [0.15, 0.2) is 0 Å². The molecule has 0 saturated heterocycles. The Morgan fingerprint density at radius 3 is 2.47 bits per heavy atom. The summed E-state index contributed by atoms with van der Waals surface area (Å²) in [5.74, 6) is 1.42. The molecule has 0 aromatic heterocycles. The van der Waals surface area contributed by atoms with Crippen molar-refractivity contribution in [2.24, 2.45) is 0 Å². The molecule has 0 spiro atoms. The lowest BCUT2D eigenvalue weighted by molar-refractivity contribution is 0.285. The van der Waals surface area contributed by atoms with Crippen molar-refractivity contribution >= 4 is 5.69 Å². The lowest BCUT2D eigenvalue weighted by Crippen LogP contribution is -2.20. The fourth-order valence-electron chi connectivity index (χ4n) is 2.31. The first-order valence-electron chi connectivity index (χ1n) is 7.01. The third-order valence-corrected chi connectivity index (χ3v) is 3.48. The Kier molecular flexibility index (Phi) is 6.16. The van der Waals surface area contributed by atoms with E-state index < -0.39 is 0 Å². The first kappa shape index (κ1) is 15.8. The molecule has 19 heavy (non-hydrogen) atoms. The first-order chi connectivity index (χ1) is 9.01. The Morgan fingerprint density at radius 1 is 1.26 bits per heavy atom. The summed E-state index contributed by atoms with van der Waals surface area (Å²) in [5, 5.41) is 8.85. The Labute approximate surface area is 117 Å². The van der Waals surface area contributed by atoms with E-state index in [2.05, 4.69) is 44.9 Å². The first-order valence-corrected chi connectivity index (χ1v) is 7.01. The zero-order valence-electron chi connectivity index (χ0n) is 12.9. The van der Waals surface area contributed by atoms with Crippen LogP contribution in [0.2, 0.25) is 0 Å². The zero-order chi connectivity index (χ0) is 14.4. The molecule has 0 aliphatic heterocycles. The van der Waals surface area contributed by atoms with Gasteiger partial charge in [0.1, 0.15) is 5.75 Å². The number of rotatable bonds is 7. The van der Waals surface area contributed by atoms with Gasteiger partial charge in [-0.2, -0.15) is 0 Å². The molecule has 1 rings (SSSR count). The lowest BCUT2D eigenvalue weighted by Gasteiger charge is -2.24. The molecule has 108 valence electrons. The van der Waals surface area contributed by atoms with Crippen molar-refractivity contribution in [3.63, 3.8) is 0 Å². The topological polar surface area (TPSA) is 32.7 Å². The highest BCUT2D eigenvalue weighted by atomic mass is 16.5. The molecule has 1 aromatic rings. The molecule has 0 unspecified atom stereocenters. The summed E-state index contributed by atoms with van der Waals surface area (Å²) in [6, 6.07) is 4.35. The maximum Gasteiger partial charge on any atom is 0.122 e. The third kappa shape index (κ3) is 4.13. The lowest BCUT2D eigenvalue weighted by atomic mass is 9.98. The van der Waals surface area contributed by atoms with Crippen molar-refractivity contribution in [3.8, 4) is 5.75 Å². The Bertz CT molecular complexity index is 402. The van der Waals surface area contributed by atoms with Crippen LogP contribution in [0.5, 0.6) is 5.75 Å². The summed E-state index contributed by atoms with van der Waals surface area (Å²) in [4.78, 5) is 2.26. The van der Waals surface area contributed by atoms with E-state index in [9.17, 15) is 0 Å². The van der Waals surface area contributed by atoms with Gasteiger partial charge in [-0.1, -0.05) is 13.8 Å². The van der Waals surface area contributed by atoms with Gasteiger partial charge >= 0.3 is 0 Å². The van der Waals surface area contributed by atoms with Crippen LogP contribution in [0.1, 0.15) is 43.7 Å². The molecular weight excluding hydrogens is 238 g/mol. The molecule has 0 saturated carbocycles. The number of unbranched alkanes of at least 4 members (excludes halogenated alkanes) is 1. The second kappa shape index (κ2) is 7.39. The van der Waals surface area contributed by atoms with Crippen LogP contribution in [0.25, 0.3) is 0 Å². The van der Waals surface area contributed by atoms with Crippen LogP contribution in [0.3, 0.4) is 0 Å². The van der Waals surface area contributed by atoms with Gasteiger partial charge in [-0.15, -0.1) is 0 Å². The predicted molar refractivity (Wildman–Crippen MR) is 81.4 cm³/mol. The highest BCUT2D eigenvalue weighted by molar-refractivity contribution is 5.59. The second-order valence-electron chi connectivity index (χ2n) is 5.39. The predicted octanol–water partition coefficient (Wildman–Crippen LogP) is 3.34. The van der Waals surface area contributed by atoms with Crippen LogP contribution in [0.4, 0.5) is 5.69 Å². The molecule has 0 aliphatic carbocycles. The Balaban J connectivity index is 2.97. The maximum absolute atomic E-state index is 8.85. The third-order valence-electron chi connectivity index (χ3n) is 3.48. The van der Waals surface area contributed by atoms with E-state index >= 15 is 0 Å². The van der Waals surface area contributed by atoms with Crippen molar-refractivity contribution < 1.29 is 9.84 Å². The second-order valence-corrected chi connectivity index (χ2v) is 5.39. The monoisotopic (exact) mass is 265 g/mol. The van der Waals surface area contributed by atoms with Crippen LogP contribution >= 0.6 is 0 Å². The molecule has 3 heteroatoms. The average Bonchev–Trinajstić information content (AvgIpc) is 2.37. The summed E-state index contributed by atoms with van der Waals surface area (Å²) in [6.07, 6.45) is 1.87. The zero-order valence-corrected chi connectivity index (χ0v) is 12.9. The molecule has 0 atom stereocenters. The number of nitrogens with zero attached hydrogens (tertiary/aromatic N) is 1. The van der Waals surface area contributed by atoms with E-state index in [1.807, 2.05) is 0 Å². The van der Waals surface area contributed by atoms with Gasteiger partial charge in [0.2, 0.25) is 0 Å². The Hall–Kier alpha value is -1.22. The van der Waals surface area contributed by atoms with Crippen LogP contribution < -0.4 is 9.64 Å². The van der Waals surface area contributed by atoms with Gasteiger partial charge in [-0.05, 0) is 48.9 Å². The number of aryl methyl sites for hydroxylation is 1. The molecule has 3 nitrogen and oxygen atoms in total. The summed E-state index contributed by atoms with van der Waals surface area (Å²) in [7, 11) is 3.83. The quantitative estimate of drug-likeness (QED) is 0.768. The van der Waals surface area contributed by atoms with Gasteiger partial charge < -0.3 is 14.7 Å². The summed E-state index contributed by atoms with van der Waals surface area (Å²) >= 11 is 0. The molecule has 0 bridgehead atoms. The molecule has 0 amide bonds. The van der Waals surface area contributed by atoms with Crippen molar-refractivity contribution in [1.29, 1.82) is 0 Å². The van der Waals surface area contributed by atoms with Gasteiger partial charge in [0.05, 0.1) is 7.11 Å². The van der Waals surface area contributed by atoms with E-state index in [1.165, 1.54) is 16.8 Å². The minimum atomic E-state index is 0.271. The van der Waals surface area contributed by atoms with E-state index in [1.54, 1.807) is 7.11 Å². The number of aliphatic hydroxyl groups excluding tert-OH is 1. The largest absolute Gasteiger partial charge is 0.496 e. The molecule has 0 radical (unpaired) electrons. The van der Waals surface area contributed by atoms with E-state index in [4.69, 9.17) is 9.84 Å². The van der Waals surface area contributed by atoms with Gasteiger partial charge in [-0.25, -0.2) is 0 Å². The van der Waals surface area contributed by atoms with Crippen molar-refractivity contribution in [2.75, 3.05) is 32.2 Å². The fourth-order valence-corrected chi connectivity index (χ4v) is 2.31. The number of methoxy groups -OCH3 is 1. The summed E-state index contributed by atoms with van der Waals surface area (Å²) < 4.78 is 5.47. The fraction of sp³-hybridized carbons (Fsp3) is 0.625. The van der Waals surface area contributed by atoms with Gasteiger partial charge in [-0.3, -0.25) is 0 Å². The Morgan fingerprint density at radius 2 is 1.95 bits per heavy atom. The number of benzene rings is 1.